The van der Waals surface area contributed by atoms with E-state index in [1.54, 1.807) is 0 Å². The maximum atomic E-state index is 2.39. The molecule has 0 N–H and O–H groups in total. The van der Waals surface area contributed by atoms with E-state index in [4.69, 9.17) is 0 Å². The minimum Gasteiger partial charge on any atom is -0.342 e. The van der Waals surface area contributed by atoms with Gasteiger partial charge >= 0.3 is 0 Å². The SMILES string of the molecule is C1=Cc2cn(c3ccccc23)Cc2ccc(cc2)-c2cccc(c2)-c2ccc(cc2)Cn2cc(c3ccccc32)C=Cc2cn(c3ccccc23)Cc2ccc(cc2)-c2cccc(c2)-c2ccc(cc2)Cn2cc1c1ccccc12. The molecule has 21 rings (SSSR count). The normalized spacial score (nSPS) is 12.7. The molecular weight excluding hydrogens is 969 g/mol. The standard InChI is InChI=1S/C76H56N4/c1-5-19-73-69(15-1)65-39-40-66-50-78(74-20-6-2-16-70(66)74)46-54-25-33-58(34-26-54)63-13-10-14-64(44-63)60-37-29-56(30-38-60)48-80-52-68(72-18-4-8-22-76(72)80)42-41-67-51-79(75-21-7-3-17-71(67)75)47-55-27-35-59(36-28-55)62-12-9-11-61(43-62)57-31-23-53(24-32-57)45-77(73)49-65/h1-44,49-52H,45-48H2. The summed E-state index contributed by atoms with van der Waals surface area (Å²) in [6, 6.07) is 89.4. The van der Waals surface area contributed by atoms with E-state index in [9.17, 15) is 0 Å². The molecule has 0 saturated carbocycles. The summed E-state index contributed by atoms with van der Waals surface area (Å²) < 4.78 is 9.57. The van der Waals surface area contributed by atoms with Gasteiger partial charge in [-0.3, -0.25) is 0 Å². The minimum absolute atomic E-state index is 0.779. The zero-order chi connectivity index (χ0) is 52.9. The lowest BCUT2D eigenvalue weighted by molar-refractivity contribution is 0.836. The van der Waals surface area contributed by atoms with Crippen LogP contribution in [0.4, 0.5) is 0 Å². The van der Waals surface area contributed by atoms with Crippen LogP contribution in [0.2, 0.25) is 0 Å². The molecule has 4 aromatic heterocycles. The molecule has 4 nitrogen and oxygen atoms in total. The first-order valence-corrected chi connectivity index (χ1v) is 27.8. The van der Waals surface area contributed by atoms with E-state index >= 15 is 0 Å². The molecular formula is C76H56N4. The molecule has 380 valence electrons. The number of fused-ring (bicyclic) bond motifs is 4. The van der Waals surface area contributed by atoms with Crippen molar-refractivity contribution in [3.63, 3.8) is 0 Å². The van der Waals surface area contributed by atoms with Crippen LogP contribution in [0.25, 0.3) is 112 Å². The van der Waals surface area contributed by atoms with Crippen molar-refractivity contribution in [1.82, 2.24) is 18.3 Å². The number of rotatable bonds is 0. The summed E-state index contributed by atoms with van der Waals surface area (Å²) in [6.07, 6.45) is 18.4. The van der Waals surface area contributed by atoms with Gasteiger partial charge in [-0.15, -0.1) is 0 Å². The molecule has 4 heteroatoms. The predicted molar refractivity (Wildman–Crippen MR) is 337 cm³/mol. The molecule has 20 bridgehead atoms. The molecule has 14 aromatic rings. The average molecular weight is 1030 g/mol. The second-order valence-electron chi connectivity index (χ2n) is 21.5. The van der Waals surface area contributed by atoms with Crippen molar-refractivity contribution in [3.8, 4) is 44.5 Å². The number of benzene rings is 10. The minimum atomic E-state index is 0.779. The third-order valence-corrected chi connectivity index (χ3v) is 16.4. The monoisotopic (exact) mass is 1020 g/mol. The Kier molecular flexibility index (Phi) is 11.8. The molecule has 0 radical (unpaired) electrons. The number of aromatic nitrogens is 4. The maximum Gasteiger partial charge on any atom is 0.0489 e. The number of para-hydroxylation sites is 4. The Morgan fingerprint density at radius 3 is 0.662 bits per heavy atom. The van der Waals surface area contributed by atoms with Crippen molar-refractivity contribution in [3.05, 3.63) is 312 Å². The highest BCUT2D eigenvalue weighted by Crippen LogP contribution is 2.34. The molecule has 11 heterocycles. The number of hydrogen-bond acceptors (Lipinski definition) is 0. The summed E-state index contributed by atoms with van der Waals surface area (Å²) in [7, 11) is 0. The molecule has 10 aromatic carbocycles. The predicted octanol–water partition coefficient (Wildman–Crippen LogP) is 19.0. The van der Waals surface area contributed by atoms with Crippen LogP contribution >= 0.6 is 0 Å². The molecule has 0 saturated heterocycles. The van der Waals surface area contributed by atoms with E-state index < -0.39 is 0 Å². The third-order valence-electron chi connectivity index (χ3n) is 16.4. The van der Waals surface area contributed by atoms with Crippen LogP contribution in [0.3, 0.4) is 0 Å². The fraction of sp³-hybridized carbons (Fsp3) is 0.0526. The Bertz CT molecular complexity index is 4080. The zero-order valence-corrected chi connectivity index (χ0v) is 44.3. The van der Waals surface area contributed by atoms with E-state index in [1.807, 2.05) is 0 Å². The van der Waals surface area contributed by atoms with Gasteiger partial charge in [0, 0.05) is 117 Å². The van der Waals surface area contributed by atoms with Crippen molar-refractivity contribution < 1.29 is 0 Å². The lowest BCUT2D eigenvalue weighted by atomic mass is 9.98. The van der Waals surface area contributed by atoms with E-state index in [2.05, 4.69) is 310 Å². The molecule has 0 amide bonds. The molecule has 0 atom stereocenters. The van der Waals surface area contributed by atoms with Gasteiger partial charge in [-0.1, -0.05) is 231 Å². The molecule has 0 spiro atoms. The van der Waals surface area contributed by atoms with Crippen molar-refractivity contribution in [2.45, 2.75) is 26.2 Å². The van der Waals surface area contributed by atoms with E-state index in [-0.39, 0.29) is 0 Å². The van der Waals surface area contributed by atoms with Crippen molar-refractivity contribution in [2.24, 2.45) is 0 Å². The first-order valence-electron chi connectivity index (χ1n) is 27.8. The quantitative estimate of drug-likeness (QED) is 0.144. The van der Waals surface area contributed by atoms with Gasteiger partial charge in [-0.2, -0.15) is 0 Å². The highest BCUT2D eigenvalue weighted by atomic mass is 15.0. The molecule has 0 aliphatic carbocycles. The summed E-state index contributed by atoms with van der Waals surface area (Å²) in [5.41, 5.74) is 24.5. The fourth-order valence-electron chi connectivity index (χ4n) is 12.3. The summed E-state index contributed by atoms with van der Waals surface area (Å²) in [5, 5.41) is 4.99. The Morgan fingerprint density at radius 1 is 0.200 bits per heavy atom. The van der Waals surface area contributed by atoms with Gasteiger partial charge < -0.3 is 18.3 Å². The third kappa shape index (κ3) is 8.97. The molecule has 7 aliphatic heterocycles. The van der Waals surface area contributed by atoms with E-state index in [1.165, 1.54) is 133 Å². The van der Waals surface area contributed by atoms with Crippen LogP contribution in [-0.2, 0) is 26.2 Å². The second-order valence-corrected chi connectivity index (χ2v) is 21.5. The number of nitrogens with zero attached hydrogens (tertiary/aromatic N) is 4. The van der Waals surface area contributed by atoms with Crippen LogP contribution in [0.15, 0.2) is 267 Å². The van der Waals surface area contributed by atoms with Gasteiger partial charge in [0.15, 0.2) is 0 Å². The fourth-order valence-corrected chi connectivity index (χ4v) is 12.3. The maximum absolute atomic E-state index is 2.39. The first kappa shape index (κ1) is 47.1. The highest BCUT2D eigenvalue weighted by Gasteiger charge is 2.14. The van der Waals surface area contributed by atoms with Gasteiger partial charge in [0.1, 0.15) is 0 Å². The van der Waals surface area contributed by atoms with Crippen LogP contribution in [0, 0.1) is 0 Å². The van der Waals surface area contributed by atoms with Gasteiger partial charge in [-0.25, -0.2) is 0 Å². The first-order chi connectivity index (χ1) is 39.6. The second kappa shape index (κ2) is 20.0. The largest absolute Gasteiger partial charge is 0.342 e. The lowest BCUT2D eigenvalue weighted by Crippen LogP contribution is -1.98. The average Bonchev–Trinajstić information content (AvgIpc) is 4.31. The van der Waals surface area contributed by atoms with Gasteiger partial charge in [-0.05, 0) is 103 Å². The van der Waals surface area contributed by atoms with Crippen LogP contribution in [0.1, 0.15) is 44.5 Å². The molecule has 80 heavy (non-hydrogen) atoms. The summed E-state index contributed by atoms with van der Waals surface area (Å²) >= 11 is 0. The summed E-state index contributed by atoms with van der Waals surface area (Å²) in [6.45, 7) is 3.12. The van der Waals surface area contributed by atoms with Crippen molar-refractivity contribution in [2.75, 3.05) is 0 Å². The van der Waals surface area contributed by atoms with Crippen LogP contribution < -0.4 is 0 Å². The molecule has 0 fully saturated rings. The highest BCUT2D eigenvalue weighted by molar-refractivity contribution is 5.98. The van der Waals surface area contributed by atoms with E-state index in [0.717, 1.165) is 26.2 Å². The number of hydrogen-bond donors (Lipinski definition) is 0. The zero-order valence-electron chi connectivity index (χ0n) is 44.3. The molecule has 0 unspecified atom stereocenters. The Labute approximate surface area is 466 Å². The van der Waals surface area contributed by atoms with Gasteiger partial charge in [0.25, 0.3) is 0 Å². The summed E-state index contributed by atoms with van der Waals surface area (Å²) in [5.74, 6) is 0. The van der Waals surface area contributed by atoms with E-state index in [0.29, 0.717) is 0 Å². The van der Waals surface area contributed by atoms with Gasteiger partial charge in [0.05, 0.1) is 0 Å². The van der Waals surface area contributed by atoms with Crippen LogP contribution in [0.5, 0.6) is 0 Å². The topological polar surface area (TPSA) is 19.7 Å². The smallest absolute Gasteiger partial charge is 0.0489 e. The van der Waals surface area contributed by atoms with Crippen molar-refractivity contribution >= 4 is 67.9 Å². The van der Waals surface area contributed by atoms with Crippen LogP contribution in [-0.4, -0.2) is 18.3 Å². The Hall–Kier alpha value is -10.2. The van der Waals surface area contributed by atoms with Gasteiger partial charge in [0.2, 0.25) is 0 Å². The molecule has 7 aliphatic rings. The Morgan fingerprint density at radius 2 is 0.425 bits per heavy atom. The Balaban J connectivity index is 0.778. The lowest BCUT2D eigenvalue weighted by Gasteiger charge is -2.10. The van der Waals surface area contributed by atoms with Crippen molar-refractivity contribution in [1.29, 1.82) is 0 Å². The summed E-state index contributed by atoms with van der Waals surface area (Å²) in [4.78, 5) is 0.